The number of aryl methyl sites for hydroxylation is 1. The van der Waals surface area contributed by atoms with Gasteiger partial charge in [-0.05, 0) is 5.56 Å². The average molecular weight is 258 g/mol. The number of hydrogen-bond donors (Lipinski definition) is 2. The number of nitrogens with two attached hydrogens (primary N) is 1. The maximum atomic E-state index is 11.9. The van der Waals surface area contributed by atoms with E-state index in [4.69, 9.17) is 5.73 Å². The molecule has 0 saturated heterocycles. The van der Waals surface area contributed by atoms with E-state index < -0.39 is 5.91 Å². The summed E-state index contributed by atoms with van der Waals surface area (Å²) in [6.07, 6.45) is 1.64. The third-order valence-electron chi connectivity index (χ3n) is 2.65. The molecule has 0 spiro atoms. The fourth-order valence-corrected chi connectivity index (χ4v) is 1.80. The fraction of sp³-hybridized carbons (Fsp3) is 0.154. The van der Waals surface area contributed by atoms with E-state index in [0.29, 0.717) is 5.69 Å². The SMILES string of the molecule is Cn1ncc(NC(=O)Cc2ccccc2)c1C(N)=O. The summed E-state index contributed by atoms with van der Waals surface area (Å²) in [5.74, 6) is -0.850. The minimum atomic E-state index is -0.630. The van der Waals surface area contributed by atoms with Crippen molar-refractivity contribution in [3.8, 4) is 0 Å². The molecule has 1 heterocycles. The van der Waals surface area contributed by atoms with E-state index >= 15 is 0 Å². The van der Waals surface area contributed by atoms with Crippen LogP contribution in [0, 0.1) is 0 Å². The fourth-order valence-electron chi connectivity index (χ4n) is 1.80. The summed E-state index contributed by atoms with van der Waals surface area (Å²) in [5.41, 5.74) is 6.64. The lowest BCUT2D eigenvalue weighted by atomic mass is 10.1. The molecule has 3 N–H and O–H groups in total. The molecule has 6 heteroatoms. The summed E-state index contributed by atoms with van der Waals surface area (Å²) in [6.45, 7) is 0. The highest BCUT2D eigenvalue weighted by Gasteiger charge is 2.15. The summed E-state index contributed by atoms with van der Waals surface area (Å²) in [5, 5.41) is 6.54. The van der Waals surface area contributed by atoms with Gasteiger partial charge in [-0.2, -0.15) is 5.10 Å². The van der Waals surface area contributed by atoms with Crippen molar-refractivity contribution in [3.05, 3.63) is 47.8 Å². The van der Waals surface area contributed by atoms with Crippen LogP contribution < -0.4 is 11.1 Å². The van der Waals surface area contributed by atoms with Crippen LogP contribution in [-0.2, 0) is 18.3 Å². The number of benzene rings is 1. The van der Waals surface area contributed by atoms with E-state index in [9.17, 15) is 9.59 Å². The number of primary amides is 1. The molecule has 2 rings (SSSR count). The number of anilines is 1. The highest BCUT2D eigenvalue weighted by Crippen LogP contribution is 2.13. The predicted octanol–water partition coefficient (Wildman–Crippen LogP) is 0.700. The molecule has 0 fully saturated rings. The number of aromatic nitrogens is 2. The maximum Gasteiger partial charge on any atom is 0.269 e. The Kier molecular flexibility index (Phi) is 3.61. The molecule has 2 aromatic rings. The zero-order valence-electron chi connectivity index (χ0n) is 10.5. The summed E-state index contributed by atoms with van der Waals surface area (Å²) < 4.78 is 1.33. The number of nitrogens with one attached hydrogen (secondary N) is 1. The molecule has 0 atom stereocenters. The average Bonchev–Trinajstić information content (AvgIpc) is 2.71. The van der Waals surface area contributed by atoms with Crippen LogP contribution in [0.2, 0.25) is 0 Å². The van der Waals surface area contributed by atoms with Crippen molar-refractivity contribution in [2.24, 2.45) is 12.8 Å². The highest BCUT2D eigenvalue weighted by molar-refractivity contribution is 6.02. The van der Waals surface area contributed by atoms with Gasteiger partial charge in [0.05, 0.1) is 18.3 Å². The second-order valence-corrected chi connectivity index (χ2v) is 4.11. The standard InChI is InChI=1S/C13H14N4O2/c1-17-12(13(14)19)10(8-15-17)16-11(18)7-9-5-3-2-4-6-9/h2-6,8H,7H2,1H3,(H2,14,19)(H,16,18). The summed E-state index contributed by atoms with van der Waals surface area (Å²) in [6, 6.07) is 9.33. The second kappa shape index (κ2) is 5.34. The van der Waals surface area contributed by atoms with Crippen LogP contribution in [0.5, 0.6) is 0 Å². The lowest BCUT2D eigenvalue weighted by Gasteiger charge is -2.05. The highest BCUT2D eigenvalue weighted by atomic mass is 16.2. The molecule has 98 valence electrons. The molecule has 0 aliphatic heterocycles. The second-order valence-electron chi connectivity index (χ2n) is 4.11. The van der Waals surface area contributed by atoms with Crippen molar-refractivity contribution in [1.29, 1.82) is 0 Å². The van der Waals surface area contributed by atoms with E-state index in [1.54, 1.807) is 7.05 Å². The molecule has 6 nitrogen and oxygen atoms in total. The number of hydrogen-bond acceptors (Lipinski definition) is 3. The van der Waals surface area contributed by atoms with Gasteiger partial charge in [0.25, 0.3) is 5.91 Å². The molecule has 0 bridgehead atoms. The third kappa shape index (κ3) is 2.98. The quantitative estimate of drug-likeness (QED) is 0.845. The van der Waals surface area contributed by atoms with E-state index in [1.807, 2.05) is 30.3 Å². The Hall–Kier alpha value is -2.63. The van der Waals surface area contributed by atoms with Gasteiger partial charge in [0.1, 0.15) is 5.69 Å². The topological polar surface area (TPSA) is 90.0 Å². The van der Waals surface area contributed by atoms with E-state index in [2.05, 4.69) is 10.4 Å². The molecule has 0 aliphatic rings. The lowest BCUT2D eigenvalue weighted by Crippen LogP contribution is -2.21. The normalized spacial score (nSPS) is 10.2. The Morgan fingerprint density at radius 2 is 2.00 bits per heavy atom. The number of nitrogens with zero attached hydrogens (tertiary/aromatic N) is 2. The smallest absolute Gasteiger partial charge is 0.269 e. The Morgan fingerprint density at radius 1 is 1.32 bits per heavy atom. The van der Waals surface area contributed by atoms with Crippen LogP contribution in [0.1, 0.15) is 16.1 Å². The summed E-state index contributed by atoms with van der Waals surface area (Å²) in [7, 11) is 1.59. The summed E-state index contributed by atoms with van der Waals surface area (Å²) in [4.78, 5) is 23.1. The van der Waals surface area contributed by atoms with Crippen LogP contribution in [0.3, 0.4) is 0 Å². The number of carbonyl (C=O) groups excluding carboxylic acids is 2. The molecule has 0 radical (unpaired) electrons. The number of carbonyl (C=O) groups is 2. The van der Waals surface area contributed by atoms with Gasteiger partial charge in [0.15, 0.2) is 0 Å². The van der Waals surface area contributed by atoms with Gasteiger partial charge in [0, 0.05) is 7.05 Å². The molecule has 0 aliphatic carbocycles. The summed E-state index contributed by atoms with van der Waals surface area (Å²) >= 11 is 0. The molecular weight excluding hydrogens is 244 g/mol. The maximum absolute atomic E-state index is 11.9. The van der Waals surface area contributed by atoms with Crippen molar-refractivity contribution in [2.75, 3.05) is 5.32 Å². The minimum absolute atomic E-state index is 0.182. The van der Waals surface area contributed by atoms with Crippen molar-refractivity contribution >= 4 is 17.5 Å². The van der Waals surface area contributed by atoms with E-state index in [1.165, 1.54) is 10.9 Å². The molecule has 2 amide bonds. The van der Waals surface area contributed by atoms with Crippen LogP contribution in [-0.4, -0.2) is 21.6 Å². The molecule has 1 aromatic heterocycles. The van der Waals surface area contributed by atoms with Gasteiger partial charge in [-0.15, -0.1) is 0 Å². The van der Waals surface area contributed by atoms with Crippen LogP contribution in [0.25, 0.3) is 0 Å². The Bertz CT molecular complexity index is 604. The van der Waals surface area contributed by atoms with Crippen LogP contribution in [0.4, 0.5) is 5.69 Å². The molecule has 0 saturated carbocycles. The van der Waals surface area contributed by atoms with Crippen molar-refractivity contribution in [1.82, 2.24) is 9.78 Å². The van der Waals surface area contributed by atoms with Gasteiger partial charge >= 0.3 is 0 Å². The largest absolute Gasteiger partial charge is 0.364 e. The lowest BCUT2D eigenvalue weighted by molar-refractivity contribution is -0.115. The third-order valence-corrected chi connectivity index (χ3v) is 2.65. The van der Waals surface area contributed by atoms with Crippen molar-refractivity contribution in [3.63, 3.8) is 0 Å². The Morgan fingerprint density at radius 3 is 2.63 bits per heavy atom. The van der Waals surface area contributed by atoms with Gasteiger partial charge in [0.2, 0.25) is 5.91 Å². The Labute approximate surface area is 110 Å². The van der Waals surface area contributed by atoms with Crippen molar-refractivity contribution < 1.29 is 9.59 Å². The zero-order chi connectivity index (χ0) is 13.8. The van der Waals surface area contributed by atoms with E-state index in [0.717, 1.165) is 5.56 Å². The first-order valence-corrected chi connectivity index (χ1v) is 5.73. The minimum Gasteiger partial charge on any atom is -0.364 e. The van der Waals surface area contributed by atoms with Gasteiger partial charge < -0.3 is 11.1 Å². The van der Waals surface area contributed by atoms with Crippen molar-refractivity contribution in [2.45, 2.75) is 6.42 Å². The molecule has 0 unspecified atom stereocenters. The Balaban J connectivity index is 2.10. The zero-order valence-corrected chi connectivity index (χ0v) is 10.5. The van der Waals surface area contributed by atoms with Crippen LogP contribution >= 0.6 is 0 Å². The first-order valence-electron chi connectivity index (χ1n) is 5.73. The van der Waals surface area contributed by atoms with Gasteiger partial charge in [-0.25, -0.2) is 0 Å². The molecule has 1 aromatic carbocycles. The predicted molar refractivity (Wildman–Crippen MR) is 70.5 cm³/mol. The molecule has 19 heavy (non-hydrogen) atoms. The van der Waals surface area contributed by atoms with E-state index in [-0.39, 0.29) is 18.0 Å². The number of rotatable bonds is 4. The first kappa shape index (κ1) is 12.8. The van der Waals surface area contributed by atoms with Crippen LogP contribution in [0.15, 0.2) is 36.5 Å². The van der Waals surface area contributed by atoms with Gasteiger partial charge in [-0.1, -0.05) is 30.3 Å². The molecular formula is C13H14N4O2. The first-order chi connectivity index (χ1) is 9.08. The number of amides is 2. The monoisotopic (exact) mass is 258 g/mol. The van der Waals surface area contributed by atoms with Gasteiger partial charge in [-0.3, -0.25) is 14.3 Å².